The number of benzene rings is 2. The molecule has 2 aromatic rings. The van der Waals surface area contributed by atoms with E-state index in [0.29, 0.717) is 13.1 Å². The first-order valence-corrected chi connectivity index (χ1v) is 9.98. The molecule has 2 rings (SSSR count). The molecule has 0 aliphatic rings. The Balaban J connectivity index is 0.00000338. The molecule has 0 saturated heterocycles. The second-order valence-corrected chi connectivity index (χ2v) is 7.77. The molecular formula is C18H26ClN3O3S. The molecule has 2 aromatic carbocycles. The van der Waals surface area contributed by atoms with Crippen LogP contribution in [0, 0.1) is 0 Å². The molecule has 6 nitrogen and oxygen atoms in total. The first-order chi connectivity index (χ1) is 11.9. The van der Waals surface area contributed by atoms with Crippen LogP contribution in [0.1, 0.15) is 25.5 Å². The summed E-state index contributed by atoms with van der Waals surface area (Å²) < 4.78 is 25.7. The minimum absolute atomic E-state index is 0. The lowest BCUT2D eigenvalue weighted by molar-refractivity contribution is -0.119. The number of carbonyl (C=O) groups excluding carboxylic acids is 1. The van der Waals surface area contributed by atoms with E-state index in [1.54, 1.807) is 13.8 Å². The molecule has 26 heavy (non-hydrogen) atoms. The Morgan fingerprint density at radius 2 is 1.73 bits per heavy atom. The Labute approximate surface area is 161 Å². The van der Waals surface area contributed by atoms with Crippen LogP contribution < -0.4 is 11.1 Å². The van der Waals surface area contributed by atoms with Crippen LogP contribution >= 0.6 is 12.4 Å². The van der Waals surface area contributed by atoms with Crippen molar-refractivity contribution >= 4 is 39.1 Å². The first-order valence-electron chi connectivity index (χ1n) is 8.37. The van der Waals surface area contributed by atoms with Crippen molar-refractivity contribution in [2.24, 2.45) is 5.73 Å². The quantitative estimate of drug-likeness (QED) is 0.710. The average molecular weight is 400 g/mol. The summed E-state index contributed by atoms with van der Waals surface area (Å²) in [7, 11) is -3.61. The minimum atomic E-state index is -3.61. The number of carbonyl (C=O) groups is 1. The second-order valence-electron chi connectivity index (χ2n) is 5.80. The van der Waals surface area contributed by atoms with E-state index >= 15 is 0 Å². The lowest BCUT2D eigenvalue weighted by Crippen LogP contribution is -2.41. The molecule has 0 bridgehead atoms. The molecular weight excluding hydrogens is 374 g/mol. The molecule has 1 atom stereocenters. The standard InChI is InChI=1S/C18H25N3O3S.ClH/c1-3-21(4-2)25(23,24)13-18(22)20-17(12-19)16-10-9-14-7-5-6-8-15(14)11-16;/h5-11,17H,3-4,12-13,19H2,1-2H3,(H,20,22);1H. The third-order valence-electron chi connectivity index (χ3n) is 4.16. The van der Waals surface area contributed by atoms with E-state index in [4.69, 9.17) is 5.73 Å². The zero-order valence-corrected chi connectivity index (χ0v) is 16.6. The van der Waals surface area contributed by atoms with Crippen molar-refractivity contribution in [3.8, 4) is 0 Å². The van der Waals surface area contributed by atoms with Crippen LogP contribution in [0.4, 0.5) is 0 Å². The zero-order chi connectivity index (χ0) is 18.4. The highest BCUT2D eigenvalue weighted by Crippen LogP contribution is 2.20. The number of sulfonamides is 1. The molecule has 0 spiro atoms. The van der Waals surface area contributed by atoms with Gasteiger partial charge in [-0.25, -0.2) is 12.7 Å². The van der Waals surface area contributed by atoms with Crippen LogP contribution in [-0.4, -0.2) is 44.0 Å². The fourth-order valence-corrected chi connectivity index (χ4v) is 4.20. The highest BCUT2D eigenvalue weighted by atomic mass is 35.5. The monoisotopic (exact) mass is 399 g/mol. The summed E-state index contributed by atoms with van der Waals surface area (Å²) in [5.41, 5.74) is 6.65. The van der Waals surface area contributed by atoms with Crippen LogP contribution in [0.5, 0.6) is 0 Å². The molecule has 0 aliphatic carbocycles. The Bertz CT molecular complexity index is 838. The molecule has 1 amide bonds. The molecule has 3 N–H and O–H groups in total. The van der Waals surface area contributed by atoms with E-state index in [-0.39, 0.29) is 19.0 Å². The molecule has 0 fully saturated rings. The molecule has 0 aliphatic heterocycles. The number of rotatable bonds is 8. The van der Waals surface area contributed by atoms with Crippen LogP contribution in [0.2, 0.25) is 0 Å². The average Bonchev–Trinajstić information content (AvgIpc) is 2.59. The highest BCUT2D eigenvalue weighted by molar-refractivity contribution is 7.89. The predicted octanol–water partition coefficient (Wildman–Crippen LogP) is 2.05. The lowest BCUT2D eigenvalue weighted by Gasteiger charge is -2.21. The first kappa shape index (κ1) is 22.4. The summed E-state index contributed by atoms with van der Waals surface area (Å²) >= 11 is 0. The van der Waals surface area contributed by atoms with Gasteiger partial charge in [-0.05, 0) is 22.4 Å². The van der Waals surface area contributed by atoms with Gasteiger partial charge in [0.05, 0.1) is 6.04 Å². The maximum Gasteiger partial charge on any atom is 0.237 e. The number of hydrogen-bond donors (Lipinski definition) is 2. The number of nitrogens with zero attached hydrogens (tertiary/aromatic N) is 1. The van der Waals surface area contributed by atoms with E-state index < -0.39 is 27.7 Å². The number of nitrogens with one attached hydrogen (secondary N) is 1. The third-order valence-corrected chi connectivity index (χ3v) is 6.09. The summed E-state index contributed by atoms with van der Waals surface area (Å²) in [6.07, 6.45) is 0. The van der Waals surface area contributed by atoms with Gasteiger partial charge < -0.3 is 11.1 Å². The molecule has 144 valence electrons. The van der Waals surface area contributed by atoms with Gasteiger partial charge in [-0.15, -0.1) is 12.4 Å². The molecule has 0 radical (unpaired) electrons. The summed E-state index contributed by atoms with van der Waals surface area (Å²) in [6.45, 7) is 4.37. The normalized spacial score (nSPS) is 12.6. The SMILES string of the molecule is CCN(CC)S(=O)(=O)CC(=O)NC(CN)c1ccc2ccccc2c1.Cl. The highest BCUT2D eigenvalue weighted by Gasteiger charge is 2.24. The molecule has 8 heteroatoms. The minimum Gasteiger partial charge on any atom is -0.347 e. The Kier molecular flexibility index (Phi) is 8.49. The molecule has 0 saturated carbocycles. The van der Waals surface area contributed by atoms with Gasteiger partial charge in [0.2, 0.25) is 15.9 Å². The van der Waals surface area contributed by atoms with Crippen molar-refractivity contribution in [2.75, 3.05) is 25.4 Å². The fourth-order valence-electron chi connectivity index (χ4n) is 2.81. The number of hydrogen-bond acceptors (Lipinski definition) is 4. The van der Waals surface area contributed by atoms with Crippen molar-refractivity contribution in [1.29, 1.82) is 0 Å². The van der Waals surface area contributed by atoms with E-state index in [0.717, 1.165) is 16.3 Å². The van der Waals surface area contributed by atoms with Crippen LogP contribution in [0.15, 0.2) is 42.5 Å². The lowest BCUT2D eigenvalue weighted by atomic mass is 10.0. The maximum absolute atomic E-state index is 12.2. The topological polar surface area (TPSA) is 92.5 Å². The zero-order valence-electron chi connectivity index (χ0n) is 15.0. The van der Waals surface area contributed by atoms with Gasteiger partial charge in [-0.3, -0.25) is 4.79 Å². The third kappa shape index (κ3) is 5.41. The molecule has 0 aromatic heterocycles. The van der Waals surface area contributed by atoms with Gasteiger partial charge in [0.25, 0.3) is 0 Å². The van der Waals surface area contributed by atoms with Crippen molar-refractivity contribution in [3.63, 3.8) is 0 Å². The van der Waals surface area contributed by atoms with E-state index in [1.807, 2.05) is 42.5 Å². The van der Waals surface area contributed by atoms with Crippen molar-refractivity contribution in [1.82, 2.24) is 9.62 Å². The Hall–Kier alpha value is -1.67. The Morgan fingerprint density at radius 1 is 1.12 bits per heavy atom. The van der Waals surface area contributed by atoms with Gasteiger partial charge in [-0.2, -0.15) is 0 Å². The van der Waals surface area contributed by atoms with Gasteiger partial charge in [0.15, 0.2) is 0 Å². The molecule has 0 heterocycles. The second kappa shape index (κ2) is 9.87. The summed E-state index contributed by atoms with van der Waals surface area (Å²) in [6, 6.07) is 13.3. The van der Waals surface area contributed by atoms with Gasteiger partial charge >= 0.3 is 0 Å². The van der Waals surface area contributed by atoms with Gasteiger partial charge in [0, 0.05) is 19.6 Å². The summed E-state index contributed by atoms with van der Waals surface area (Å²) in [5, 5.41) is 4.88. The summed E-state index contributed by atoms with van der Waals surface area (Å²) in [5.74, 6) is -1.12. The fraction of sp³-hybridized carbons (Fsp3) is 0.389. The van der Waals surface area contributed by atoms with Gasteiger partial charge in [0.1, 0.15) is 5.75 Å². The smallest absolute Gasteiger partial charge is 0.237 e. The van der Waals surface area contributed by atoms with Crippen molar-refractivity contribution in [2.45, 2.75) is 19.9 Å². The van der Waals surface area contributed by atoms with Crippen LogP contribution in [0.25, 0.3) is 10.8 Å². The number of amides is 1. The number of nitrogens with two attached hydrogens (primary N) is 1. The maximum atomic E-state index is 12.2. The Morgan fingerprint density at radius 3 is 2.31 bits per heavy atom. The van der Waals surface area contributed by atoms with E-state index in [9.17, 15) is 13.2 Å². The molecule has 1 unspecified atom stereocenters. The van der Waals surface area contributed by atoms with E-state index in [2.05, 4.69) is 5.32 Å². The largest absolute Gasteiger partial charge is 0.347 e. The predicted molar refractivity (Wildman–Crippen MR) is 108 cm³/mol. The number of halogens is 1. The van der Waals surface area contributed by atoms with Crippen LogP contribution in [-0.2, 0) is 14.8 Å². The summed E-state index contributed by atoms with van der Waals surface area (Å²) in [4.78, 5) is 12.2. The van der Waals surface area contributed by atoms with E-state index in [1.165, 1.54) is 4.31 Å². The van der Waals surface area contributed by atoms with Crippen molar-refractivity contribution < 1.29 is 13.2 Å². The number of fused-ring (bicyclic) bond motifs is 1. The van der Waals surface area contributed by atoms with Crippen LogP contribution in [0.3, 0.4) is 0 Å². The van der Waals surface area contributed by atoms with Gasteiger partial charge in [-0.1, -0.05) is 50.2 Å². The van der Waals surface area contributed by atoms with Crippen molar-refractivity contribution in [3.05, 3.63) is 48.0 Å².